The fourth-order valence-corrected chi connectivity index (χ4v) is 3.05. The molecule has 0 aromatic heterocycles. The molecule has 172 valence electrons. The second kappa shape index (κ2) is 20.2. The molecule has 5 heteroatoms. The van der Waals surface area contributed by atoms with Crippen LogP contribution in [0.5, 0.6) is 0 Å². The van der Waals surface area contributed by atoms with E-state index in [0.717, 1.165) is 25.7 Å². The summed E-state index contributed by atoms with van der Waals surface area (Å²) >= 11 is 0. The Balaban J connectivity index is 3.63. The summed E-state index contributed by atoms with van der Waals surface area (Å²) in [5, 5.41) is 0. The molecule has 0 bridgehead atoms. The maximum Gasteiger partial charge on any atom is 0.306 e. The molecule has 0 aromatic rings. The van der Waals surface area contributed by atoms with Gasteiger partial charge < -0.3 is 14.2 Å². The summed E-state index contributed by atoms with van der Waals surface area (Å²) < 4.78 is 16.3. The van der Waals surface area contributed by atoms with Crippen LogP contribution in [0.1, 0.15) is 118 Å². The van der Waals surface area contributed by atoms with Crippen LogP contribution < -0.4 is 0 Å². The van der Waals surface area contributed by atoms with Crippen molar-refractivity contribution in [2.24, 2.45) is 0 Å². The highest BCUT2D eigenvalue weighted by atomic mass is 16.6. The van der Waals surface area contributed by atoms with E-state index in [0.29, 0.717) is 19.4 Å². The lowest BCUT2D eigenvalue weighted by Crippen LogP contribution is -2.26. The molecule has 0 N–H and O–H groups in total. The standard InChI is InChI=1S/C24H46O5/c1-5-7-9-11-13-15-17-23(25)28-19-21(3)27-20-22(4)29-24(26)18-16-14-12-10-8-6-2/h21-22H,5-20H2,1-4H3/t21-,22-/m1/s1. The molecule has 2 atom stereocenters. The summed E-state index contributed by atoms with van der Waals surface area (Å²) in [6, 6.07) is 0. The molecule has 0 saturated carbocycles. The first kappa shape index (κ1) is 27.9. The van der Waals surface area contributed by atoms with Gasteiger partial charge in [-0.1, -0.05) is 78.1 Å². The lowest BCUT2D eigenvalue weighted by atomic mass is 10.1. The molecule has 0 aliphatic rings. The molecule has 0 aromatic carbocycles. The van der Waals surface area contributed by atoms with Crippen molar-refractivity contribution in [3.63, 3.8) is 0 Å². The third kappa shape index (κ3) is 20.0. The summed E-state index contributed by atoms with van der Waals surface area (Å²) in [5.74, 6) is -0.316. The number of esters is 2. The van der Waals surface area contributed by atoms with Gasteiger partial charge in [0.2, 0.25) is 0 Å². The zero-order valence-electron chi connectivity index (χ0n) is 19.5. The summed E-state index contributed by atoms with van der Waals surface area (Å²) in [6.45, 7) is 8.65. The first-order chi connectivity index (χ1) is 14.0. The Morgan fingerprint density at radius 1 is 0.621 bits per heavy atom. The van der Waals surface area contributed by atoms with Crippen molar-refractivity contribution in [1.82, 2.24) is 0 Å². The Morgan fingerprint density at radius 3 is 1.66 bits per heavy atom. The summed E-state index contributed by atoms with van der Waals surface area (Å²) in [5.41, 5.74) is 0. The van der Waals surface area contributed by atoms with Crippen LogP contribution in [0.15, 0.2) is 0 Å². The highest BCUT2D eigenvalue weighted by Crippen LogP contribution is 2.09. The van der Waals surface area contributed by atoms with Gasteiger partial charge in [-0.15, -0.1) is 0 Å². The number of carbonyl (C=O) groups excluding carboxylic acids is 2. The van der Waals surface area contributed by atoms with Gasteiger partial charge in [0.1, 0.15) is 12.7 Å². The Hall–Kier alpha value is -1.10. The zero-order valence-corrected chi connectivity index (χ0v) is 19.5. The minimum atomic E-state index is -0.288. The predicted octanol–water partition coefficient (Wildman–Crippen LogP) is 6.37. The first-order valence-electron chi connectivity index (χ1n) is 12.0. The fraction of sp³-hybridized carbons (Fsp3) is 0.917. The fourth-order valence-electron chi connectivity index (χ4n) is 3.05. The maximum absolute atomic E-state index is 11.8. The smallest absolute Gasteiger partial charge is 0.306 e. The lowest BCUT2D eigenvalue weighted by molar-refractivity contribution is -0.154. The van der Waals surface area contributed by atoms with Crippen LogP contribution in [0.3, 0.4) is 0 Å². The van der Waals surface area contributed by atoms with Crippen LogP contribution in [-0.4, -0.2) is 37.4 Å². The quantitative estimate of drug-likeness (QED) is 0.171. The van der Waals surface area contributed by atoms with Crippen molar-refractivity contribution in [1.29, 1.82) is 0 Å². The van der Waals surface area contributed by atoms with E-state index in [1.165, 1.54) is 51.4 Å². The molecule has 5 nitrogen and oxygen atoms in total. The number of unbranched alkanes of at least 4 members (excludes halogenated alkanes) is 10. The van der Waals surface area contributed by atoms with E-state index in [1.807, 2.05) is 13.8 Å². The van der Waals surface area contributed by atoms with Crippen LogP contribution >= 0.6 is 0 Å². The van der Waals surface area contributed by atoms with Crippen molar-refractivity contribution in [2.75, 3.05) is 13.2 Å². The zero-order chi connectivity index (χ0) is 21.7. The minimum Gasteiger partial charge on any atom is -0.463 e. The average Bonchev–Trinajstić information content (AvgIpc) is 2.70. The van der Waals surface area contributed by atoms with Crippen molar-refractivity contribution >= 4 is 11.9 Å². The number of ether oxygens (including phenoxy) is 3. The molecule has 0 rings (SSSR count). The third-order valence-corrected chi connectivity index (χ3v) is 4.90. The number of rotatable bonds is 20. The van der Waals surface area contributed by atoms with E-state index in [9.17, 15) is 9.59 Å². The van der Waals surface area contributed by atoms with Crippen LogP contribution in [-0.2, 0) is 23.8 Å². The van der Waals surface area contributed by atoms with E-state index in [-0.39, 0.29) is 30.8 Å². The minimum absolute atomic E-state index is 0.158. The van der Waals surface area contributed by atoms with E-state index >= 15 is 0 Å². The van der Waals surface area contributed by atoms with E-state index in [1.54, 1.807) is 0 Å². The van der Waals surface area contributed by atoms with E-state index < -0.39 is 0 Å². The SMILES string of the molecule is CCCCCCCCC(=O)OC[C@@H](C)OC[C@@H](C)OC(=O)CCCCCCCC. The van der Waals surface area contributed by atoms with E-state index in [2.05, 4.69) is 13.8 Å². The lowest BCUT2D eigenvalue weighted by Gasteiger charge is -2.18. The van der Waals surface area contributed by atoms with Gasteiger partial charge in [0.25, 0.3) is 0 Å². The molecule has 0 fully saturated rings. The highest BCUT2D eigenvalue weighted by molar-refractivity contribution is 5.69. The molecule has 29 heavy (non-hydrogen) atoms. The van der Waals surface area contributed by atoms with Crippen molar-refractivity contribution < 1.29 is 23.8 Å². The van der Waals surface area contributed by atoms with Gasteiger partial charge in [-0.2, -0.15) is 0 Å². The number of carbonyl (C=O) groups is 2. The Labute approximate surface area is 179 Å². The molecule has 0 unspecified atom stereocenters. The first-order valence-corrected chi connectivity index (χ1v) is 12.0. The van der Waals surface area contributed by atoms with E-state index in [4.69, 9.17) is 14.2 Å². The van der Waals surface area contributed by atoms with Crippen molar-refractivity contribution in [2.45, 2.75) is 130 Å². The molecular formula is C24H46O5. The molecule has 0 amide bonds. The molecule has 0 aliphatic heterocycles. The van der Waals surface area contributed by atoms with Crippen LogP contribution in [0, 0.1) is 0 Å². The van der Waals surface area contributed by atoms with Crippen molar-refractivity contribution in [3.05, 3.63) is 0 Å². The second-order valence-electron chi connectivity index (χ2n) is 8.16. The van der Waals surface area contributed by atoms with Crippen LogP contribution in [0.25, 0.3) is 0 Å². The van der Waals surface area contributed by atoms with Gasteiger partial charge >= 0.3 is 11.9 Å². The van der Waals surface area contributed by atoms with Gasteiger partial charge in [0.15, 0.2) is 0 Å². The monoisotopic (exact) mass is 414 g/mol. The van der Waals surface area contributed by atoms with Gasteiger partial charge in [-0.05, 0) is 26.7 Å². The summed E-state index contributed by atoms with van der Waals surface area (Å²) in [7, 11) is 0. The second-order valence-corrected chi connectivity index (χ2v) is 8.16. The summed E-state index contributed by atoms with van der Waals surface area (Å²) in [6.07, 6.45) is 14.3. The van der Waals surface area contributed by atoms with Gasteiger partial charge in [0.05, 0.1) is 12.7 Å². The largest absolute Gasteiger partial charge is 0.463 e. The Bertz CT molecular complexity index is 397. The normalized spacial score (nSPS) is 13.1. The molecular weight excluding hydrogens is 368 g/mol. The Morgan fingerprint density at radius 2 is 1.10 bits per heavy atom. The molecule has 0 spiro atoms. The molecule has 0 aliphatic carbocycles. The number of hydrogen-bond acceptors (Lipinski definition) is 5. The Kier molecular flexibility index (Phi) is 19.4. The van der Waals surface area contributed by atoms with Gasteiger partial charge in [-0.25, -0.2) is 0 Å². The van der Waals surface area contributed by atoms with Crippen LogP contribution in [0.2, 0.25) is 0 Å². The highest BCUT2D eigenvalue weighted by Gasteiger charge is 2.13. The number of hydrogen-bond donors (Lipinski definition) is 0. The van der Waals surface area contributed by atoms with Gasteiger partial charge in [0, 0.05) is 12.8 Å². The topological polar surface area (TPSA) is 61.8 Å². The average molecular weight is 415 g/mol. The van der Waals surface area contributed by atoms with Crippen molar-refractivity contribution in [3.8, 4) is 0 Å². The molecule has 0 heterocycles. The molecule has 0 radical (unpaired) electrons. The predicted molar refractivity (Wildman–Crippen MR) is 118 cm³/mol. The summed E-state index contributed by atoms with van der Waals surface area (Å²) in [4.78, 5) is 23.6. The van der Waals surface area contributed by atoms with Gasteiger partial charge in [-0.3, -0.25) is 9.59 Å². The van der Waals surface area contributed by atoms with Crippen LogP contribution in [0.4, 0.5) is 0 Å². The maximum atomic E-state index is 11.8. The third-order valence-electron chi connectivity index (χ3n) is 4.90. The molecule has 0 saturated heterocycles.